The van der Waals surface area contributed by atoms with Crippen molar-refractivity contribution in [3.05, 3.63) is 54.4 Å². The Hall–Kier alpha value is -3.22. The molecule has 0 radical (unpaired) electrons. The molecule has 0 atom stereocenters. The molecule has 0 aliphatic carbocycles. The van der Waals surface area contributed by atoms with Crippen molar-refractivity contribution in [1.29, 1.82) is 0 Å². The van der Waals surface area contributed by atoms with Gasteiger partial charge in [-0.15, -0.1) is 5.10 Å². The van der Waals surface area contributed by atoms with Crippen molar-refractivity contribution in [3.63, 3.8) is 0 Å². The highest BCUT2D eigenvalue weighted by Crippen LogP contribution is 2.26. The summed E-state index contributed by atoms with van der Waals surface area (Å²) >= 11 is 0. The van der Waals surface area contributed by atoms with Crippen LogP contribution in [-0.2, 0) is 0 Å². The fourth-order valence-corrected chi connectivity index (χ4v) is 2.10. The molecule has 1 aromatic heterocycles. The molecule has 0 unspecified atom stereocenters. The first-order valence-corrected chi connectivity index (χ1v) is 6.43. The lowest BCUT2D eigenvalue weighted by Crippen LogP contribution is -2.02. The summed E-state index contributed by atoms with van der Waals surface area (Å²) in [5, 5.41) is 20.2. The zero-order valence-corrected chi connectivity index (χ0v) is 11.7. The van der Waals surface area contributed by atoms with Gasteiger partial charge in [0.05, 0.1) is 18.4 Å². The highest BCUT2D eigenvalue weighted by atomic mass is 16.5. The molecule has 3 aromatic rings. The Kier molecular flexibility index (Phi) is 3.53. The predicted octanol–water partition coefficient (Wildman–Crippen LogP) is 2.04. The van der Waals surface area contributed by atoms with Gasteiger partial charge in [-0.2, -0.15) is 0 Å². The normalized spacial score (nSPS) is 10.4. The molecule has 0 spiro atoms. The molecule has 1 heterocycles. The average Bonchev–Trinajstić information content (AvgIpc) is 3.09. The quantitative estimate of drug-likeness (QED) is 0.792. The van der Waals surface area contributed by atoms with Crippen LogP contribution in [0.15, 0.2) is 48.8 Å². The molecule has 0 aliphatic rings. The van der Waals surface area contributed by atoms with Crippen LogP contribution in [0.3, 0.4) is 0 Å². The van der Waals surface area contributed by atoms with Gasteiger partial charge in [-0.3, -0.25) is 0 Å². The van der Waals surface area contributed by atoms with Gasteiger partial charge in [-0.05, 0) is 51.9 Å². The van der Waals surface area contributed by atoms with E-state index in [1.54, 1.807) is 13.2 Å². The van der Waals surface area contributed by atoms with E-state index in [2.05, 4.69) is 15.5 Å². The molecule has 1 N–H and O–H groups in total. The largest absolute Gasteiger partial charge is 0.497 e. The summed E-state index contributed by atoms with van der Waals surface area (Å²) in [7, 11) is 1.59. The van der Waals surface area contributed by atoms with Gasteiger partial charge in [-0.1, -0.05) is 12.1 Å². The number of carboxylic acids is 1. The van der Waals surface area contributed by atoms with Crippen LogP contribution in [0.1, 0.15) is 10.4 Å². The Bertz CT molecular complexity index is 798. The maximum Gasteiger partial charge on any atom is 0.335 e. The lowest BCUT2D eigenvalue weighted by atomic mass is 10.0. The minimum atomic E-state index is -1.01. The van der Waals surface area contributed by atoms with E-state index < -0.39 is 5.97 Å². The van der Waals surface area contributed by atoms with E-state index in [0.717, 1.165) is 16.9 Å². The number of hydrogen-bond donors (Lipinski definition) is 1. The highest BCUT2D eigenvalue weighted by molar-refractivity contribution is 5.90. The van der Waals surface area contributed by atoms with E-state index in [0.29, 0.717) is 5.69 Å². The fraction of sp³-hybridized carbons (Fsp3) is 0.0667. The summed E-state index contributed by atoms with van der Waals surface area (Å²) in [5.41, 5.74) is 2.38. The first-order chi connectivity index (χ1) is 10.7. The van der Waals surface area contributed by atoms with Gasteiger partial charge in [0.15, 0.2) is 0 Å². The predicted molar refractivity (Wildman–Crippen MR) is 78.1 cm³/mol. The van der Waals surface area contributed by atoms with Gasteiger partial charge in [0.2, 0.25) is 0 Å². The second kappa shape index (κ2) is 5.65. The Morgan fingerprint density at radius 3 is 2.50 bits per heavy atom. The molecular weight excluding hydrogens is 284 g/mol. The Balaban J connectivity index is 2.11. The van der Waals surface area contributed by atoms with Crippen molar-refractivity contribution in [2.75, 3.05) is 7.11 Å². The van der Waals surface area contributed by atoms with Crippen molar-refractivity contribution in [1.82, 2.24) is 20.2 Å². The summed E-state index contributed by atoms with van der Waals surface area (Å²) in [6.45, 7) is 0. The minimum absolute atomic E-state index is 0.166. The number of rotatable bonds is 4. The number of benzene rings is 2. The molecule has 0 bridgehead atoms. The molecule has 3 rings (SSSR count). The van der Waals surface area contributed by atoms with Crippen molar-refractivity contribution in [2.24, 2.45) is 0 Å². The second-order valence-electron chi connectivity index (χ2n) is 4.56. The third kappa shape index (κ3) is 2.64. The molecule has 110 valence electrons. The molecule has 0 saturated carbocycles. The summed E-state index contributed by atoms with van der Waals surface area (Å²) in [6, 6.07) is 12.3. The van der Waals surface area contributed by atoms with Crippen LogP contribution < -0.4 is 4.74 Å². The number of carboxylic acid groups (broad SMARTS) is 1. The van der Waals surface area contributed by atoms with E-state index >= 15 is 0 Å². The maximum absolute atomic E-state index is 11.3. The van der Waals surface area contributed by atoms with Crippen molar-refractivity contribution < 1.29 is 14.6 Å². The standard InChI is InChI=1S/C15H12N4O3/c1-22-14-4-2-10(3-5-14)11-6-12(15(20)21)8-13(7-11)19-9-16-17-18-19/h2-9H,1H3,(H,20,21). The van der Waals surface area contributed by atoms with E-state index in [9.17, 15) is 9.90 Å². The Labute approximate surface area is 125 Å². The zero-order valence-electron chi connectivity index (χ0n) is 11.7. The van der Waals surface area contributed by atoms with E-state index in [-0.39, 0.29) is 5.56 Å². The van der Waals surface area contributed by atoms with Gasteiger partial charge >= 0.3 is 5.97 Å². The van der Waals surface area contributed by atoms with Crippen LogP contribution in [0, 0.1) is 0 Å². The minimum Gasteiger partial charge on any atom is -0.497 e. The average molecular weight is 296 g/mol. The molecule has 0 fully saturated rings. The maximum atomic E-state index is 11.3. The van der Waals surface area contributed by atoms with Crippen LogP contribution >= 0.6 is 0 Å². The van der Waals surface area contributed by atoms with Gasteiger partial charge in [0.1, 0.15) is 12.1 Å². The number of nitrogens with zero attached hydrogens (tertiary/aromatic N) is 4. The molecular formula is C15H12N4O3. The van der Waals surface area contributed by atoms with Gasteiger partial charge in [-0.25, -0.2) is 9.48 Å². The van der Waals surface area contributed by atoms with E-state index in [4.69, 9.17) is 4.74 Å². The zero-order chi connectivity index (χ0) is 15.5. The summed E-state index contributed by atoms with van der Waals surface area (Å²) < 4.78 is 6.54. The molecule has 0 amide bonds. The number of aromatic carboxylic acids is 1. The van der Waals surface area contributed by atoms with Crippen LogP contribution in [-0.4, -0.2) is 38.4 Å². The number of aromatic nitrogens is 4. The molecule has 22 heavy (non-hydrogen) atoms. The topological polar surface area (TPSA) is 90.1 Å². The molecule has 0 saturated heterocycles. The third-order valence-electron chi connectivity index (χ3n) is 3.20. The van der Waals surface area contributed by atoms with Crippen LogP contribution in [0.4, 0.5) is 0 Å². The number of tetrazole rings is 1. The van der Waals surface area contributed by atoms with Crippen LogP contribution in [0.5, 0.6) is 5.75 Å². The Morgan fingerprint density at radius 1 is 1.14 bits per heavy atom. The molecule has 2 aromatic carbocycles. The summed E-state index contributed by atoms with van der Waals surface area (Å²) in [6.07, 6.45) is 1.42. The Morgan fingerprint density at radius 2 is 1.91 bits per heavy atom. The number of ether oxygens (including phenoxy) is 1. The van der Waals surface area contributed by atoms with Crippen LogP contribution in [0.25, 0.3) is 16.8 Å². The van der Waals surface area contributed by atoms with E-state index in [1.165, 1.54) is 17.1 Å². The lowest BCUT2D eigenvalue weighted by molar-refractivity contribution is 0.0697. The van der Waals surface area contributed by atoms with Crippen molar-refractivity contribution in [2.45, 2.75) is 0 Å². The first-order valence-electron chi connectivity index (χ1n) is 6.43. The highest BCUT2D eigenvalue weighted by Gasteiger charge is 2.10. The number of methoxy groups -OCH3 is 1. The number of carbonyl (C=O) groups is 1. The van der Waals surface area contributed by atoms with Crippen LogP contribution in [0.2, 0.25) is 0 Å². The number of hydrogen-bond acceptors (Lipinski definition) is 5. The third-order valence-corrected chi connectivity index (χ3v) is 3.20. The van der Waals surface area contributed by atoms with Crippen molar-refractivity contribution >= 4 is 5.97 Å². The molecule has 7 heteroatoms. The molecule has 7 nitrogen and oxygen atoms in total. The summed E-state index contributed by atoms with van der Waals surface area (Å²) in [5.74, 6) is -0.275. The fourth-order valence-electron chi connectivity index (χ4n) is 2.10. The van der Waals surface area contributed by atoms with Gasteiger partial charge in [0.25, 0.3) is 0 Å². The molecule has 0 aliphatic heterocycles. The summed E-state index contributed by atoms with van der Waals surface area (Å²) in [4.78, 5) is 11.3. The van der Waals surface area contributed by atoms with Gasteiger partial charge < -0.3 is 9.84 Å². The SMILES string of the molecule is COc1ccc(-c2cc(C(=O)O)cc(-n3cnnn3)c2)cc1. The second-order valence-corrected chi connectivity index (χ2v) is 4.56. The monoisotopic (exact) mass is 296 g/mol. The van der Waals surface area contributed by atoms with Crippen molar-refractivity contribution in [3.8, 4) is 22.6 Å². The van der Waals surface area contributed by atoms with Gasteiger partial charge in [0, 0.05) is 0 Å². The smallest absolute Gasteiger partial charge is 0.335 e. The first kappa shape index (κ1) is 13.7. The lowest BCUT2D eigenvalue weighted by Gasteiger charge is -2.08. The van der Waals surface area contributed by atoms with E-state index in [1.807, 2.05) is 30.3 Å².